The maximum atomic E-state index is 12.7. The summed E-state index contributed by atoms with van der Waals surface area (Å²) in [6.45, 7) is 0.0540. The van der Waals surface area contributed by atoms with Crippen molar-refractivity contribution in [1.82, 2.24) is 9.88 Å². The molecular formula is C17H14ClF3N2O. The van der Waals surface area contributed by atoms with Crippen molar-refractivity contribution in [3.8, 4) is 11.1 Å². The zero-order chi connectivity index (χ0) is 17.3. The molecule has 24 heavy (non-hydrogen) atoms. The van der Waals surface area contributed by atoms with Crippen LogP contribution in [0.5, 0.6) is 0 Å². The Morgan fingerprint density at radius 3 is 2.58 bits per heavy atom. The van der Waals surface area contributed by atoms with Gasteiger partial charge in [0, 0.05) is 41.6 Å². The maximum Gasteiger partial charge on any atom is 0.471 e. The number of aromatic nitrogens is 1. The summed E-state index contributed by atoms with van der Waals surface area (Å²) in [6.07, 6.45) is -0.850. The predicted molar refractivity (Wildman–Crippen MR) is 84.7 cm³/mol. The zero-order valence-corrected chi connectivity index (χ0v) is 13.4. The lowest BCUT2D eigenvalue weighted by Gasteiger charge is -2.21. The van der Waals surface area contributed by atoms with Gasteiger partial charge in [0.2, 0.25) is 0 Å². The van der Waals surface area contributed by atoms with Gasteiger partial charge in [0.25, 0.3) is 0 Å². The molecule has 2 aromatic rings. The highest BCUT2D eigenvalue weighted by Crippen LogP contribution is 2.35. The minimum Gasteiger partial charge on any atom is -0.334 e. The van der Waals surface area contributed by atoms with Crippen molar-refractivity contribution in [2.45, 2.75) is 19.0 Å². The summed E-state index contributed by atoms with van der Waals surface area (Å²) >= 11 is 6.33. The SMILES string of the molecule is O=C(N1CCc2ccc(Cl)c(-c3cccnc3)c2CC1)C(F)(F)F. The molecule has 3 nitrogen and oxygen atoms in total. The molecule has 7 heteroatoms. The first-order chi connectivity index (χ1) is 11.4. The summed E-state index contributed by atoms with van der Waals surface area (Å²) in [7, 11) is 0. The van der Waals surface area contributed by atoms with Gasteiger partial charge in [-0.25, -0.2) is 0 Å². The third-order valence-electron chi connectivity index (χ3n) is 4.12. The first-order valence-corrected chi connectivity index (χ1v) is 7.82. The molecule has 3 rings (SSSR count). The topological polar surface area (TPSA) is 33.2 Å². The smallest absolute Gasteiger partial charge is 0.334 e. The fourth-order valence-electron chi connectivity index (χ4n) is 3.00. The Morgan fingerprint density at radius 1 is 1.17 bits per heavy atom. The molecule has 0 saturated carbocycles. The molecule has 126 valence electrons. The van der Waals surface area contributed by atoms with E-state index in [-0.39, 0.29) is 13.1 Å². The Morgan fingerprint density at radius 2 is 1.92 bits per heavy atom. The molecule has 1 aromatic carbocycles. The van der Waals surface area contributed by atoms with Gasteiger partial charge >= 0.3 is 12.1 Å². The average molecular weight is 355 g/mol. The van der Waals surface area contributed by atoms with E-state index in [4.69, 9.17) is 11.6 Å². The van der Waals surface area contributed by atoms with Gasteiger partial charge in [0.1, 0.15) is 0 Å². The van der Waals surface area contributed by atoms with Gasteiger partial charge in [-0.05, 0) is 36.1 Å². The van der Waals surface area contributed by atoms with E-state index in [0.29, 0.717) is 17.9 Å². The van der Waals surface area contributed by atoms with Crippen LogP contribution in [-0.2, 0) is 17.6 Å². The molecule has 0 atom stereocenters. The third-order valence-corrected chi connectivity index (χ3v) is 4.44. The second-order valence-electron chi connectivity index (χ2n) is 5.59. The fourth-order valence-corrected chi connectivity index (χ4v) is 3.29. The predicted octanol–water partition coefficient (Wildman–Crippen LogP) is 3.89. The molecule has 0 spiro atoms. The number of halogens is 4. The van der Waals surface area contributed by atoms with Crippen LogP contribution in [0, 0.1) is 0 Å². The number of hydrogen-bond acceptors (Lipinski definition) is 2. The van der Waals surface area contributed by atoms with Crippen LogP contribution in [-0.4, -0.2) is 35.1 Å². The summed E-state index contributed by atoms with van der Waals surface area (Å²) in [5.74, 6) is -1.79. The largest absolute Gasteiger partial charge is 0.471 e. The molecule has 0 N–H and O–H groups in total. The molecule has 0 bridgehead atoms. The van der Waals surface area contributed by atoms with Crippen molar-refractivity contribution in [1.29, 1.82) is 0 Å². The Hall–Kier alpha value is -2.08. The van der Waals surface area contributed by atoms with Crippen molar-refractivity contribution < 1.29 is 18.0 Å². The molecule has 0 radical (unpaired) electrons. The van der Waals surface area contributed by atoms with Crippen molar-refractivity contribution in [2.24, 2.45) is 0 Å². The summed E-state index contributed by atoms with van der Waals surface area (Å²) in [4.78, 5) is 16.5. The Bertz CT molecular complexity index is 762. The monoisotopic (exact) mass is 354 g/mol. The van der Waals surface area contributed by atoms with Gasteiger partial charge in [0.05, 0.1) is 0 Å². The van der Waals surface area contributed by atoms with Crippen molar-refractivity contribution >= 4 is 17.5 Å². The van der Waals surface area contributed by atoms with Gasteiger partial charge in [-0.3, -0.25) is 9.78 Å². The number of fused-ring (bicyclic) bond motifs is 1. The number of carbonyl (C=O) groups excluding carboxylic acids is 1. The minimum absolute atomic E-state index is 0.0128. The molecule has 0 aliphatic carbocycles. The highest BCUT2D eigenvalue weighted by atomic mass is 35.5. The number of rotatable bonds is 1. The van der Waals surface area contributed by atoms with E-state index < -0.39 is 12.1 Å². The van der Waals surface area contributed by atoms with Crippen LogP contribution >= 0.6 is 11.6 Å². The summed E-state index contributed by atoms with van der Waals surface area (Å²) in [5, 5.41) is 0.525. The maximum absolute atomic E-state index is 12.7. The summed E-state index contributed by atoms with van der Waals surface area (Å²) in [6, 6.07) is 7.20. The van der Waals surface area contributed by atoms with E-state index in [2.05, 4.69) is 4.98 Å². The standard InChI is InChI=1S/C17H14ClF3N2O/c18-14-4-3-11-5-8-23(16(24)17(19,20)21)9-6-13(11)15(14)12-2-1-7-22-10-12/h1-4,7,10H,5-6,8-9H2. The highest BCUT2D eigenvalue weighted by molar-refractivity contribution is 6.33. The number of alkyl halides is 3. The Balaban J connectivity index is 1.97. The number of pyridine rings is 1. The zero-order valence-electron chi connectivity index (χ0n) is 12.6. The van der Waals surface area contributed by atoms with E-state index in [1.807, 2.05) is 12.1 Å². The molecule has 1 aliphatic heterocycles. The van der Waals surface area contributed by atoms with Crippen LogP contribution in [0.1, 0.15) is 11.1 Å². The fraction of sp³-hybridized carbons (Fsp3) is 0.294. The van der Waals surface area contributed by atoms with Crippen molar-refractivity contribution in [3.63, 3.8) is 0 Å². The van der Waals surface area contributed by atoms with Crippen LogP contribution in [0.4, 0.5) is 13.2 Å². The van der Waals surface area contributed by atoms with Crippen LogP contribution in [0.25, 0.3) is 11.1 Å². The van der Waals surface area contributed by atoms with E-state index in [1.165, 1.54) is 0 Å². The minimum atomic E-state index is -4.85. The number of hydrogen-bond donors (Lipinski definition) is 0. The molecule has 0 unspecified atom stereocenters. The van der Waals surface area contributed by atoms with Gasteiger partial charge in [0.15, 0.2) is 0 Å². The summed E-state index contributed by atoms with van der Waals surface area (Å²) in [5.41, 5.74) is 3.39. The second-order valence-corrected chi connectivity index (χ2v) is 6.00. The van der Waals surface area contributed by atoms with E-state index in [9.17, 15) is 18.0 Å². The van der Waals surface area contributed by atoms with Crippen molar-refractivity contribution in [3.05, 3.63) is 52.8 Å². The first-order valence-electron chi connectivity index (χ1n) is 7.44. The summed E-state index contributed by atoms with van der Waals surface area (Å²) < 4.78 is 38.0. The van der Waals surface area contributed by atoms with Gasteiger partial charge in [-0.2, -0.15) is 13.2 Å². The van der Waals surface area contributed by atoms with Crippen molar-refractivity contribution in [2.75, 3.05) is 13.1 Å². The van der Waals surface area contributed by atoms with Crippen LogP contribution < -0.4 is 0 Å². The molecule has 1 amide bonds. The lowest BCUT2D eigenvalue weighted by atomic mass is 9.93. The van der Waals surface area contributed by atoms with E-state index in [1.54, 1.807) is 24.5 Å². The number of benzene rings is 1. The molecule has 2 heterocycles. The third kappa shape index (κ3) is 3.24. The van der Waals surface area contributed by atoms with Gasteiger partial charge < -0.3 is 4.90 Å². The van der Waals surface area contributed by atoms with Crippen LogP contribution in [0.2, 0.25) is 5.02 Å². The first kappa shape index (κ1) is 16.8. The normalized spacial score (nSPS) is 14.9. The molecule has 1 aromatic heterocycles. The van der Waals surface area contributed by atoms with E-state index >= 15 is 0 Å². The van der Waals surface area contributed by atoms with Crippen LogP contribution in [0.15, 0.2) is 36.7 Å². The number of nitrogens with zero attached hydrogens (tertiary/aromatic N) is 2. The second kappa shape index (κ2) is 6.43. The highest BCUT2D eigenvalue weighted by Gasteiger charge is 2.42. The quantitative estimate of drug-likeness (QED) is 0.778. The lowest BCUT2D eigenvalue weighted by molar-refractivity contribution is -0.185. The Kier molecular flexibility index (Phi) is 4.49. The van der Waals surface area contributed by atoms with E-state index in [0.717, 1.165) is 27.2 Å². The number of amides is 1. The van der Waals surface area contributed by atoms with Gasteiger partial charge in [-0.1, -0.05) is 23.7 Å². The Labute approximate surface area is 142 Å². The van der Waals surface area contributed by atoms with Gasteiger partial charge in [-0.15, -0.1) is 0 Å². The molecule has 0 fully saturated rings. The average Bonchev–Trinajstić information content (AvgIpc) is 2.76. The molecule has 1 aliphatic rings. The molecule has 0 saturated heterocycles. The number of carbonyl (C=O) groups is 1. The lowest BCUT2D eigenvalue weighted by Crippen LogP contribution is -2.42. The molecular weight excluding hydrogens is 341 g/mol. The van der Waals surface area contributed by atoms with Crippen LogP contribution in [0.3, 0.4) is 0 Å².